The largest absolute Gasteiger partial charge is 0.490 e. The first-order chi connectivity index (χ1) is 8.88. The van der Waals surface area contributed by atoms with E-state index in [0.717, 1.165) is 18.3 Å². The third-order valence-corrected chi connectivity index (χ3v) is 3.49. The molecule has 0 aliphatic heterocycles. The lowest BCUT2D eigenvalue weighted by atomic mass is 9.95. The quantitative estimate of drug-likeness (QED) is 0.793. The van der Waals surface area contributed by atoms with Gasteiger partial charge in [0.2, 0.25) is 0 Å². The van der Waals surface area contributed by atoms with Crippen LogP contribution in [0.5, 0.6) is 5.75 Å². The second-order valence-electron chi connectivity index (χ2n) is 4.96. The van der Waals surface area contributed by atoms with E-state index in [9.17, 15) is 0 Å². The van der Waals surface area contributed by atoms with Gasteiger partial charge in [-0.15, -0.1) is 12.4 Å². The molecule has 0 aromatic heterocycles. The van der Waals surface area contributed by atoms with Gasteiger partial charge in [-0.1, -0.05) is 44.1 Å². The smallest absolute Gasteiger partial charge is 0.119 e. The molecule has 2 nitrogen and oxygen atoms in total. The number of halogens is 1. The van der Waals surface area contributed by atoms with Gasteiger partial charge < -0.3 is 10.1 Å². The van der Waals surface area contributed by atoms with Crippen molar-refractivity contribution in [3.63, 3.8) is 0 Å². The maximum atomic E-state index is 5.47. The molecule has 0 saturated heterocycles. The standard InChI is InChI=1S/C16H23NO.ClH/c1-2-12-18-16-10-8-14(9-11-16)13-17-15-6-4-3-5-7-15;/h2,8-11,15,17H,1,3-7,12-13H2;1H. The maximum Gasteiger partial charge on any atom is 0.119 e. The van der Waals surface area contributed by atoms with Crippen LogP contribution in [0.1, 0.15) is 37.7 Å². The van der Waals surface area contributed by atoms with Crippen molar-refractivity contribution < 1.29 is 4.74 Å². The average molecular weight is 282 g/mol. The van der Waals surface area contributed by atoms with Gasteiger partial charge in [0, 0.05) is 12.6 Å². The molecule has 106 valence electrons. The van der Waals surface area contributed by atoms with Crippen LogP contribution in [0.4, 0.5) is 0 Å². The lowest BCUT2D eigenvalue weighted by Gasteiger charge is -2.22. The van der Waals surface area contributed by atoms with Crippen molar-refractivity contribution in [2.45, 2.75) is 44.7 Å². The highest BCUT2D eigenvalue weighted by atomic mass is 35.5. The first-order valence-corrected chi connectivity index (χ1v) is 6.94. The molecule has 0 amide bonds. The fourth-order valence-corrected chi connectivity index (χ4v) is 2.43. The normalized spacial score (nSPS) is 15.6. The Morgan fingerprint density at radius 2 is 1.84 bits per heavy atom. The molecule has 0 heterocycles. The van der Waals surface area contributed by atoms with Crippen LogP contribution in [-0.2, 0) is 6.54 Å². The summed E-state index contributed by atoms with van der Waals surface area (Å²) in [6.07, 6.45) is 8.60. The van der Waals surface area contributed by atoms with Crippen molar-refractivity contribution in [3.8, 4) is 5.75 Å². The minimum Gasteiger partial charge on any atom is -0.490 e. The number of rotatable bonds is 6. The first-order valence-electron chi connectivity index (χ1n) is 6.94. The molecule has 1 N–H and O–H groups in total. The summed E-state index contributed by atoms with van der Waals surface area (Å²) in [6, 6.07) is 9.04. The van der Waals surface area contributed by atoms with E-state index in [0.29, 0.717) is 6.61 Å². The van der Waals surface area contributed by atoms with Gasteiger partial charge in [0.1, 0.15) is 12.4 Å². The molecule has 0 spiro atoms. The monoisotopic (exact) mass is 281 g/mol. The van der Waals surface area contributed by atoms with Crippen molar-refractivity contribution >= 4 is 12.4 Å². The third kappa shape index (κ3) is 5.66. The van der Waals surface area contributed by atoms with E-state index in [1.807, 2.05) is 12.1 Å². The van der Waals surface area contributed by atoms with Gasteiger partial charge in [0.05, 0.1) is 0 Å². The molecule has 1 aromatic rings. The predicted octanol–water partition coefficient (Wildman–Crippen LogP) is 4.10. The van der Waals surface area contributed by atoms with Crippen LogP contribution in [0.25, 0.3) is 0 Å². The highest BCUT2D eigenvalue weighted by molar-refractivity contribution is 5.85. The summed E-state index contributed by atoms with van der Waals surface area (Å²) in [6.45, 7) is 5.17. The summed E-state index contributed by atoms with van der Waals surface area (Å²) in [7, 11) is 0. The molecule has 1 aromatic carbocycles. The Bertz CT molecular complexity index is 358. The number of benzene rings is 1. The summed E-state index contributed by atoms with van der Waals surface area (Å²) in [5.74, 6) is 0.913. The van der Waals surface area contributed by atoms with Gasteiger partial charge in [-0.25, -0.2) is 0 Å². The first kappa shape index (κ1) is 16.1. The van der Waals surface area contributed by atoms with Crippen molar-refractivity contribution in [2.75, 3.05) is 6.61 Å². The second-order valence-corrected chi connectivity index (χ2v) is 4.96. The van der Waals surface area contributed by atoms with Crippen LogP contribution >= 0.6 is 12.4 Å². The number of nitrogens with one attached hydrogen (secondary N) is 1. The minimum absolute atomic E-state index is 0. The van der Waals surface area contributed by atoms with Gasteiger partial charge in [-0.05, 0) is 30.5 Å². The van der Waals surface area contributed by atoms with Gasteiger partial charge in [-0.2, -0.15) is 0 Å². The third-order valence-electron chi connectivity index (χ3n) is 3.49. The molecule has 1 fully saturated rings. The molecular formula is C16H24ClNO. The molecule has 0 radical (unpaired) electrons. The molecule has 0 atom stereocenters. The Morgan fingerprint density at radius 3 is 2.47 bits per heavy atom. The lowest BCUT2D eigenvalue weighted by Crippen LogP contribution is -2.30. The van der Waals surface area contributed by atoms with Crippen LogP contribution < -0.4 is 10.1 Å². The number of hydrogen-bond donors (Lipinski definition) is 1. The Balaban J connectivity index is 0.00000180. The lowest BCUT2D eigenvalue weighted by molar-refractivity contribution is 0.362. The molecule has 19 heavy (non-hydrogen) atoms. The summed E-state index contributed by atoms with van der Waals surface area (Å²) in [5.41, 5.74) is 1.33. The van der Waals surface area contributed by atoms with Gasteiger partial charge in [-0.3, -0.25) is 0 Å². The van der Waals surface area contributed by atoms with E-state index in [-0.39, 0.29) is 12.4 Å². The Morgan fingerprint density at radius 1 is 1.16 bits per heavy atom. The molecule has 1 aliphatic rings. The summed E-state index contributed by atoms with van der Waals surface area (Å²) in [4.78, 5) is 0. The van der Waals surface area contributed by atoms with Crippen molar-refractivity contribution in [1.82, 2.24) is 5.32 Å². The molecule has 3 heteroatoms. The minimum atomic E-state index is 0. The Labute approximate surface area is 122 Å². The SMILES string of the molecule is C=CCOc1ccc(CNC2CCCCC2)cc1.Cl. The van der Waals surface area contributed by atoms with Crippen molar-refractivity contribution in [1.29, 1.82) is 0 Å². The Kier molecular flexibility index (Phi) is 7.61. The van der Waals surface area contributed by atoms with Crippen LogP contribution in [0.15, 0.2) is 36.9 Å². The Hall–Kier alpha value is -0.990. The van der Waals surface area contributed by atoms with Crippen LogP contribution in [0, 0.1) is 0 Å². The molecular weight excluding hydrogens is 258 g/mol. The highest BCUT2D eigenvalue weighted by Gasteiger charge is 2.12. The van der Waals surface area contributed by atoms with Gasteiger partial charge in [0.25, 0.3) is 0 Å². The van der Waals surface area contributed by atoms with Crippen LogP contribution in [-0.4, -0.2) is 12.6 Å². The second kappa shape index (κ2) is 9.00. The van der Waals surface area contributed by atoms with Crippen molar-refractivity contribution in [2.24, 2.45) is 0 Å². The number of ether oxygens (including phenoxy) is 1. The predicted molar refractivity (Wildman–Crippen MR) is 83.1 cm³/mol. The molecule has 2 rings (SSSR count). The zero-order chi connectivity index (χ0) is 12.6. The molecule has 0 unspecified atom stereocenters. The van der Waals surface area contributed by atoms with E-state index in [2.05, 4.69) is 24.0 Å². The summed E-state index contributed by atoms with van der Waals surface area (Å²) >= 11 is 0. The average Bonchev–Trinajstić information content (AvgIpc) is 2.45. The van der Waals surface area contributed by atoms with Crippen LogP contribution in [0.2, 0.25) is 0 Å². The van der Waals surface area contributed by atoms with Gasteiger partial charge >= 0.3 is 0 Å². The molecule has 0 bridgehead atoms. The molecule has 1 aliphatic carbocycles. The maximum absolute atomic E-state index is 5.47. The zero-order valence-electron chi connectivity index (χ0n) is 11.4. The fourth-order valence-electron chi connectivity index (χ4n) is 2.43. The van der Waals surface area contributed by atoms with E-state index in [4.69, 9.17) is 4.74 Å². The highest BCUT2D eigenvalue weighted by Crippen LogP contribution is 2.18. The fraction of sp³-hybridized carbons (Fsp3) is 0.500. The molecule has 1 saturated carbocycles. The van der Waals surface area contributed by atoms with E-state index in [1.54, 1.807) is 6.08 Å². The van der Waals surface area contributed by atoms with Gasteiger partial charge in [0.15, 0.2) is 0 Å². The number of hydrogen-bond acceptors (Lipinski definition) is 2. The zero-order valence-corrected chi connectivity index (χ0v) is 12.3. The van der Waals surface area contributed by atoms with E-state index >= 15 is 0 Å². The topological polar surface area (TPSA) is 21.3 Å². The van der Waals surface area contributed by atoms with Crippen molar-refractivity contribution in [3.05, 3.63) is 42.5 Å². The van der Waals surface area contributed by atoms with Crippen LogP contribution in [0.3, 0.4) is 0 Å². The van der Waals surface area contributed by atoms with E-state index < -0.39 is 0 Å². The summed E-state index contributed by atoms with van der Waals surface area (Å²) < 4.78 is 5.47. The summed E-state index contributed by atoms with van der Waals surface area (Å²) in [5, 5.41) is 3.64. The van der Waals surface area contributed by atoms with E-state index in [1.165, 1.54) is 37.7 Å².